The molecular weight excluding hydrogens is 803 g/mol. The van der Waals surface area contributed by atoms with Gasteiger partial charge >= 0.3 is 11.7 Å². The molecule has 0 saturated carbocycles. The van der Waals surface area contributed by atoms with E-state index in [4.69, 9.17) is 18.9 Å². The van der Waals surface area contributed by atoms with Crippen LogP contribution in [-0.2, 0) is 10.3 Å². The van der Waals surface area contributed by atoms with E-state index in [1.165, 1.54) is 54.6 Å². The largest absolute Gasteiger partial charge is 0.491 e. The Bertz CT molecular complexity index is 2430. The fourth-order valence-electron chi connectivity index (χ4n) is 6.70. The Morgan fingerprint density at radius 3 is 1.41 bits per heavy atom. The zero-order valence-corrected chi connectivity index (χ0v) is 35.4. The highest BCUT2D eigenvalue weighted by Gasteiger charge is 2.37. The Balaban J connectivity index is 1.21. The maximum Gasteiger partial charge on any atom is 0.335 e. The quantitative estimate of drug-likeness (QED) is 0.0290. The average molecular weight is 852 g/mol. The molecule has 0 unspecified atom stereocenters. The number of aromatic carboxylic acids is 1. The van der Waals surface area contributed by atoms with Crippen LogP contribution in [0.15, 0.2) is 146 Å². The third-order valence-electron chi connectivity index (χ3n) is 9.73. The molecule has 13 nitrogen and oxygen atoms in total. The number of nitrogens with one attached hydrogen (secondary N) is 2. The average Bonchev–Trinajstić information content (AvgIpc) is 3.29. The number of rotatable bonds is 20. The molecule has 0 atom stereocenters. The molecule has 63 heavy (non-hydrogen) atoms. The molecule has 0 heterocycles. The highest BCUT2D eigenvalue weighted by Crippen LogP contribution is 2.41. The van der Waals surface area contributed by atoms with E-state index in [0.717, 1.165) is 16.7 Å². The van der Waals surface area contributed by atoms with Gasteiger partial charge in [0, 0.05) is 23.3 Å². The molecule has 0 radical (unpaired) electrons. The van der Waals surface area contributed by atoms with E-state index in [1.54, 1.807) is 0 Å². The number of carbonyl (C=O) groups is 3. The van der Waals surface area contributed by atoms with E-state index < -0.39 is 28.3 Å². The second kappa shape index (κ2) is 20.8. The molecule has 6 rings (SSSR count). The number of carboxylic acids is 1. The van der Waals surface area contributed by atoms with Gasteiger partial charge in [-0.15, -0.1) is 0 Å². The maximum absolute atomic E-state index is 13.8. The predicted molar refractivity (Wildman–Crippen MR) is 240 cm³/mol. The molecule has 0 fully saturated rings. The molecule has 2 amide bonds. The SMILES string of the molecule is CC(C)COc1cc(C(=O)O)ccc1NC(=O)c1ccc(NC(=O)c2ccc([N+](=O)[O-])c(OCCOC(c3ccccc3)(c3ccccc3)c3ccccc3)c2)c(OCC(C)C)c1. The summed E-state index contributed by atoms with van der Waals surface area (Å²) in [4.78, 5) is 50.6. The molecule has 0 aromatic heterocycles. The molecule has 6 aromatic rings. The van der Waals surface area contributed by atoms with Crippen LogP contribution in [0, 0.1) is 22.0 Å². The molecule has 0 bridgehead atoms. The molecule has 13 heteroatoms. The van der Waals surface area contributed by atoms with Gasteiger partial charge in [0.15, 0.2) is 5.75 Å². The van der Waals surface area contributed by atoms with Crippen LogP contribution in [0.5, 0.6) is 17.2 Å². The van der Waals surface area contributed by atoms with Gasteiger partial charge in [-0.2, -0.15) is 0 Å². The minimum atomic E-state index is -1.14. The summed E-state index contributed by atoms with van der Waals surface area (Å²) < 4.78 is 24.7. The van der Waals surface area contributed by atoms with E-state index in [0.29, 0.717) is 6.61 Å². The number of ether oxygens (including phenoxy) is 4. The number of hydrogen-bond acceptors (Lipinski definition) is 9. The van der Waals surface area contributed by atoms with E-state index in [9.17, 15) is 29.6 Å². The van der Waals surface area contributed by atoms with Crippen molar-refractivity contribution in [3.8, 4) is 17.2 Å². The summed E-state index contributed by atoms with van der Waals surface area (Å²) in [7, 11) is 0. The molecule has 0 aliphatic rings. The smallest absolute Gasteiger partial charge is 0.335 e. The predicted octanol–water partition coefficient (Wildman–Crippen LogP) is 10.3. The van der Waals surface area contributed by atoms with Gasteiger partial charge in [-0.05, 0) is 71.0 Å². The molecular formula is C50H49N3O10. The number of carboxylic acid groups (broad SMARTS) is 1. The minimum absolute atomic E-state index is 0.00417. The third-order valence-corrected chi connectivity index (χ3v) is 9.73. The number of carbonyl (C=O) groups excluding carboxylic acids is 2. The van der Waals surface area contributed by atoms with Gasteiger partial charge in [0.25, 0.3) is 11.8 Å². The Labute approximate surface area is 365 Å². The van der Waals surface area contributed by atoms with Crippen molar-refractivity contribution < 1.29 is 43.4 Å². The molecule has 324 valence electrons. The van der Waals surface area contributed by atoms with Crippen molar-refractivity contribution in [1.82, 2.24) is 0 Å². The first kappa shape index (κ1) is 45.0. The summed E-state index contributed by atoms with van der Waals surface area (Å²) in [6.45, 7) is 8.26. The standard InChI is InChI=1S/C50H49N3O10/c1-33(2)31-61-44-28-35(47(54)52-42-24-21-37(49(56)57)30-45(42)62-32-34(3)4)20-23-41(44)51-48(55)36-22-25-43(53(58)59)46(29-36)60-26-27-63-50(38-14-8-5-9-15-38,39-16-10-6-11-17-39)40-18-12-7-13-19-40/h5-25,28-30,33-34H,26-27,31-32H2,1-4H3,(H,51,55)(H,52,54)(H,56,57). The van der Waals surface area contributed by atoms with Gasteiger partial charge in [0.2, 0.25) is 0 Å². The van der Waals surface area contributed by atoms with Crippen LogP contribution in [0.4, 0.5) is 17.1 Å². The summed E-state index contributed by atoms with van der Waals surface area (Å²) in [5.41, 5.74) is 2.05. The van der Waals surface area contributed by atoms with Crippen molar-refractivity contribution in [3.63, 3.8) is 0 Å². The van der Waals surface area contributed by atoms with Crippen LogP contribution >= 0.6 is 0 Å². The Morgan fingerprint density at radius 1 is 0.571 bits per heavy atom. The van der Waals surface area contributed by atoms with Gasteiger partial charge < -0.3 is 34.7 Å². The van der Waals surface area contributed by atoms with Crippen LogP contribution in [0.25, 0.3) is 0 Å². The lowest BCUT2D eigenvalue weighted by Gasteiger charge is -2.36. The van der Waals surface area contributed by atoms with Crippen molar-refractivity contribution >= 4 is 34.8 Å². The highest BCUT2D eigenvalue weighted by molar-refractivity contribution is 6.08. The van der Waals surface area contributed by atoms with Crippen molar-refractivity contribution in [2.24, 2.45) is 11.8 Å². The molecule has 0 aliphatic heterocycles. The first-order chi connectivity index (χ1) is 30.3. The third kappa shape index (κ3) is 11.3. The number of benzene rings is 6. The Morgan fingerprint density at radius 2 is 0.984 bits per heavy atom. The fraction of sp³-hybridized carbons (Fsp3) is 0.220. The van der Waals surface area contributed by atoms with Gasteiger partial charge in [0.05, 0.1) is 41.7 Å². The zero-order valence-electron chi connectivity index (χ0n) is 35.4. The van der Waals surface area contributed by atoms with Crippen molar-refractivity contribution in [3.05, 3.63) is 189 Å². The fourth-order valence-corrected chi connectivity index (χ4v) is 6.70. The second-order valence-corrected chi connectivity index (χ2v) is 15.5. The summed E-state index contributed by atoms with van der Waals surface area (Å²) in [6, 6.07) is 41.8. The number of nitrogens with zero attached hydrogens (tertiary/aromatic N) is 1. The summed E-state index contributed by atoms with van der Waals surface area (Å²) in [5, 5.41) is 27.3. The normalized spacial score (nSPS) is 11.2. The number of nitro benzene ring substituents is 1. The van der Waals surface area contributed by atoms with Crippen molar-refractivity contribution in [1.29, 1.82) is 0 Å². The van der Waals surface area contributed by atoms with Crippen LogP contribution in [0.1, 0.15) is 75.5 Å². The number of anilines is 2. The molecule has 6 aromatic carbocycles. The van der Waals surface area contributed by atoms with E-state index >= 15 is 0 Å². The summed E-state index contributed by atoms with van der Waals surface area (Å²) in [5.74, 6) is -1.76. The first-order valence-corrected chi connectivity index (χ1v) is 20.5. The molecule has 3 N–H and O–H groups in total. The lowest BCUT2D eigenvalue weighted by molar-refractivity contribution is -0.385. The lowest BCUT2D eigenvalue weighted by Crippen LogP contribution is -2.34. The van der Waals surface area contributed by atoms with Crippen LogP contribution in [-0.4, -0.2) is 54.2 Å². The maximum atomic E-state index is 13.8. The summed E-state index contributed by atoms with van der Waals surface area (Å²) >= 11 is 0. The molecule has 0 aliphatic carbocycles. The van der Waals surface area contributed by atoms with Gasteiger partial charge in [-0.25, -0.2) is 4.79 Å². The lowest BCUT2D eigenvalue weighted by atomic mass is 9.80. The Kier molecular flexibility index (Phi) is 14.9. The Hall–Kier alpha value is -7.51. The van der Waals surface area contributed by atoms with E-state index in [2.05, 4.69) is 10.6 Å². The molecule has 0 saturated heterocycles. The van der Waals surface area contributed by atoms with Crippen LogP contribution in [0.3, 0.4) is 0 Å². The topological polar surface area (TPSA) is 176 Å². The van der Waals surface area contributed by atoms with Crippen LogP contribution < -0.4 is 24.8 Å². The minimum Gasteiger partial charge on any atom is -0.491 e. The molecule has 0 spiro atoms. The summed E-state index contributed by atoms with van der Waals surface area (Å²) in [6.07, 6.45) is 0. The number of nitro groups is 1. The van der Waals surface area contributed by atoms with E-state index in [-0.39, 0.29) is 82.7 Å². The van der Waals surface area contributed by atoms with E-state index in [1.807, 2.05) is 119 Å². The van der Waals surface area contributed by atoms with Gasteiger partial charge in [0.1, 0.15) is 23.7 Å². The first-order valence-electron chi connectivity index (χ1n) is 20.5. The van der Waals surface area contributed by atoms with Crippen molar-refractivity contribution in [2.75, 3.05) is 37.1 Å². The van der Waals surface area contributed by atoms with Crippen LogP contribution in [0.2, 0.25) is 0 Å². The van der Waals surface area contributed by atoms with Crippen molar-refractivity contribution in [2.45, 2.75) is 33.3 Å². The second-order valence-electron chi connectivity index (χ2n) is 15.5. The van der Waals surface area contributed by atoms with Gasteiger partial charge in [-0.3, -0.25) is 19.7 Å². The van der Waals surface area contributed by atoms with Gasteiger partial charge in [-0.1, -0.05) is 119 Å². The monoisotopic (exact) mass is 851 g/mol. The zero-order chi connectivity index (χ0) is 44.9. The number of hydrogen-bond donors (Lipinski definition) is 3. The highest BCUT2D eigenvalue weighted by atomic mass is 16.6. The number of amides is 2.